The molecular weight excluding hydrogens is 348 g/mol. The number of nitrogens with zero attached hydrogens (tertiary/aromatic N) is 3. The fourth-order valence-corrected chi connectivity index (χ4v) is 3.04. The van der Waals surface area contributed by atoms with Gasteiger partial charge in [0.2, 0.25) is 0 Å². The number of nitrogens with one attached hydrogen (secondary N) is 1. The van der Waals surface area contributed by atoms with Gasteiger partial charge in [-0.15, -0.1) is 0 Å². The van der Waals surface area contributed by atoms with Crippen LogP contribution >= 0.6 is 15.9 Å². The van der Waals surface area contributed by atoms with E-state index in [-0.39, 0.29) is 5.97 Å². The average Bonchev–Trinajstić information content (AvgIpc) is 2.54. The molecule has 122 valence electrons. The number of anilines is 1. The van der Waals surface area contributed by atoms with Crippen LogP contribution in [0.5, 0.6) is 0 Å². The molecule has 0 aromatic carbocycles. The lowest BCUT2D eigenvalue weighted by atomic mass is 9.85. The molecule has 0 aliphatic heterocycles. The summed E-state index contributed by atoms with van der Waals surface area (Å²) in [6.45, 7) is 1.29. The Morgan fingerprint density at radius 1 is 1.36 bits per heavy atom. The van der Waals surface area contributed by atoms with Crippen LogP contribution in [-0.4, -0.2) is 49.2 Å². The van der Waals surface area contributed by atoms with Gasteiger partial charge in [-0.1, -0.05) is 0 Å². The second kappa shape index (κ2) is 8.43. The Morgan fingerprint density at radius 2 is 2.09 bits per heavy atom. The second-order valence-electron chi connectivity index (χ2n) is 5.75. The van der Waals surface area contributed by atoms with Crippen LogP contribution < -0.4 is 10.2 Å². The molecule has 1 aromatic rings. The van der Waals surface area contributed by atoms with Crippen molar-refractivity contribution >= 4 is 27.7 Å². The van der Waals surface area contributed by atoms with Crippen molar-refractivity contribution in [2.24, 2.45) is 5.92 Å². The standard InChI is InChI=1S/C15H23BrN4O2/c1-20(14-8-18-13(16)7-19-14)10-11-3-5-12(6-4-11)17-9-15(21)22-2/h7-8,11-12,17H,3-6,9-10H2,1-2H3. The summed E-state index contributed by atoms with van der Waals surface area (Å²) in [6.07, 6.45) is 8.02. The van der Waals surface area contributed by atoms with E-state index >= 15 is 0 Å². The Bertz CT molecular complexity index is 475. The van der Waals surface area contributed by atoms with E-state index in [1.807, 2.05) is 0 Å². The molecule has 7 heteroatoms. The Kier molecular flexibility index (Phi) is 6.57. The number of aromatic nitrogens is 2. The van der Waals surface area contributed by atoms with Crippen LogP contribution in [0, 0.1) is 5.92 Å². The molecule has 2 rings (SSSR count). The molecule has 0 radical (unpaired) electrons. The number of rotatable bonds is 6. The summed E-state index contributed by atoms with van der Waals surface area (Å²) < 4.78 is 5.40. The summed E-state index contributed by atoms with van der Waals surface area (Å²) in [7, 11) is 3.47. The first-order chi connectivity index (χ1) is 10.6. The maximum atomic E-state index is 11.1. The van der Waals surface area contributed by atoms with E-state index < -0.39 is 0 Å². The third-order valence-electron chi connectivity index (χ3n) is 4.14. The largest absolute Gasteiger partial charge is 0.468 e. The minimum absolute atomic E-state index is 0.198. The van der Waals surface area contributed by atoms with Gasteiger partial charge in [-0.25, -0.2) is 9.97 Å². The smallest absolute Gasteiger partial charge is 0.319 e. The maximum absolute atomic E-state index is 11.1. The predicted octanol–water partition coefficient (Wildman–Crippen LogP) is 2.00. The summed E-state index contributed by atoms with van der Waals surface area (Å²) in [4.78, 5) is 21.9. The van der Waals surface area contributed by atoms with Crippen molar-refractivity contribution in [2.45, 2.75) is 31.7 Å². The highest BCUT2D eigenvalue weighted by molar-refractivity contribution is 9.10. The maximum Gasteiger partial charge on any atom is 0.319 e. The highest BCUT2D eigenvalue weighted by Gasteiger charge is 2.22. The number of hydrogen-bond acceptors (Lipinski definition) is 6. The fourth-order valence-electron chi connectivity index (χ4n) is 2.83. The molecule has 0 amide bonds. The zero-order valence-electron chi connectivity index (χ0n) is 13.1. The Morgan fingerprint density at radius 3 is 2.68 bits per heavy atom. The molecule has 6 nitrogen and oxygen atoms in total. The zero-order valence-corrected chi connectivity index (χ0v) is 14.7. The van der Waals surface area contributed by atoms with Crippen molar-refractivity contribution in [1.29, 1.82) is 0 Å². The first-order valence-corrected chi connectivity index (χ1v) is 8.36. The second-order valence-corrected chi connectivity index (χ2v) is 6.57. The number of esters is 1. The lowest BCUT2D eigenvalue weighted by Crippen LogP contribution is -2.38. The molecule has 1 aliphatic carbocycles. The van der Waals surface area contributed by atoms with Gasteiger partial charge in [0.25, 0.3) is 0 Å². The average molecular weight is 371 g/mol. The van der Waals surface area contributed by atoms with E-state index in [1.54, 1.807) is 12.4 Å². The highest BCUT2D eigenvalue weighted by atomic mass is 79.9. The van der Waals surface area contributed by atoms with E-state index in [9.17, 15) is 4.79 Å². The normalized spacial score (nSPS) is 21.4. The topological polar surface area (TPSA) is 67.3 Å². The number of methoxy groups -OCH3 is 1. The molecule has 1 heterocycles. The quantitative estimate of drug-likeness (QED) is 0.772. The van der Waals surface area contributed by atoms with E-state index in [2.05, 4.69) is 47.9 Å². The lowest BCUT2D eigenvalue weighted by Gasteiger charge is -2.31. The monoisotopic (exact) mass is 370 g/mol. The molecule has 1 aliphatic rings. The Hall–Kier alpha value is -1.21. The zero-order chi connectivity index (χ0) is 15.9. The Balaban J connectivity index is 1.72. The Labute approximate surface area is 139 Å². The molecular formula is C15H23BrN4O2. The minimum atomic E-state index is -0.198. The molecule has 1 saturated carbocycles. The number of halogens is 1. The summed E-state index contributed by atoms with van der Waals surface area (Å²) in [5.41, 5.74) is 0. The summed E-state index contributed by atoms with van der Waals surface area (Å²) in [5.74, 6) is 1.36. The predicted molar refractivity (Wildman–Crippen MR) is 88.8 cm³/mol. The van der Waals surface area contributed by atoms with Crippen molar-refractivity contribution in [1.82, 2.24) is 15.3 Å². The lowest BCUT2D eigenvalue weighted by molar-refractivity contribution is -0.139. The first-order valence-electron chi connectivity index (χ1n) is 7.57. The van der Waals surface area contributed by atoms with Crippen molar-refractivity contribution in [3.05, 3.63) is 17.0 Å². The van der Waals surface area contributed by atoms with E-state index in [0.717, 1.165) is 42.6 Å². The van der Waals surface area contributed by atoms with Crippen molar-refractivity contribution in [3.8, 4) is 0 Å². The highest BCUT2D eigenvalue weighted by Crippen LogP contribution is 2.26. The summed E-state index contributed by atoms with van der Waals surface area (Å²) in [5, 5.41) is 3.27. The molecule has 0 atom stereocenters. The molecule has 0 unspecified atom stereocenters. The number of ether oxygens (including phenoxy) is 1. The number of carbonyl (C=O) groups excluding carboxylic acids is 1. The van der Waals surface area contributed by atoms with E-state index in [0.29, 0.717) is 18.5 Å². The molecule has 22 heavy (non-hydrogen) atoms. The number of hydrogen-bond donors (Lipinski definition) is 1. The van der Waals surface area contributed by atoms with Gasteiger partial charge in [-0.2, -0.15) is 0 Å². The summed E-state index contributed by atoms with van der Waals surface area (Å²) >= 11 is 3.30. The van der Waals surface area contributed by atoms with Crippen LogP contribution in [0.1, 0.15) is 25.7 Å². The van der Waals surface area contributed by atoms with Crippen LogP contribution in [0.2, 0.25) is 0 Å². The van der Waals surface area contributed by atoms with Crippen molar-refractivity contribution in [2.75, 3.05) is 32.1 Å². The SMILES string of the molecule is COC(=O)CNC1CCC(CN(C)c2cnc(Br)cn2)CC1. The van der Waals surface area contributed by atoms with Crippen molar-refractivity contribution < 1.29 is 9.53 Å². The molecule has 1 fully saturated rings. The van der Waals surface area contributed by atoms with Crippen LogP contribution in [0.3, 0.4) is 0 Å². The van der Waals surface area contributed by atoms with Gasteiger partial charge in [-0.3, -0.25) is 4.79 Å². The summed E-state index contributed by atoms with van der Waals surface area (Å²) in [6, 6.07) is 0.424. The van der Waals surface area contributed by atoms with Crippen LogP contribution in [-0.2, 0) is 9.53 Å². The van der Waals surface area contributed by atoms with Gasteiger partial charge in [-0.05, 0) is 47.5 Å². The van der Waals surface area contributed by atoms with Gasteiger partial charge >= 0.3 is 5.97 Å². The van der Waals surface area contributed by atoms with Gasteiger partial charge in [0.15, 0.2) is 0 Å². The minimum Gasteiger partial charge on any atom is -0.468 e. The van der Waals surface area contributed by atoms with Gasteiger partial charge < -0.3 is 15.0 Å². The third-order valence-corrected chi connectivity index (χ3v) is 4.55. The molecule has 0 spiro atoms. The first kappa shape index (κ1) is 17.1. The molecule has 1 aromatic heterocycles. The molecule has 0 saturated heterocycles. The third kappa shape index (κ3) is 5.21. The van der Waals surface area contributed by atoms with Crippen LogP contribution in [0.4, 0.5) is 5.82 Å². The fraction of sp³-hybridized carbons (Fsp3) is 0.667. The number of carbonyl (C=O) groups is 1. The van der Waals surface area contributed by atoms with Crippen LogP contribution in [0.25, 0.3) is 0 Å². The van der Waals surface area contributed by atoms with Crippen molar-refractivity contribution in [3.63, 3.8) is 0 Å². The van der Waals surface area contributed by atoms with E-state index in [1.165, 1.54) is 7.11 Å². The van der Waals surface area contributed by atoms with Gasteiger partial charge in [0, 0.05) is 19.6 Å². The molecule has 1 N–H and O–H groups in total. The van der Waals surface area contributed by atoms with Gasteiger partial charge in [0.1, 0.15) is 10.4 Å². The van der Waals surface area contributed by atoms with Gasteiger partial charge in [0.05, 0.1) is 26.0 Å². The molecule has 0 bridgehead atoms. The van der Waals surface area contributed by atoms with E-state index in [4.69, 9.17) is 0 Å². The van der Waals surface area contributed by atoms with Crippen LogP contribution in [0.15, 0.2) is 17.0 Å².